The van der Waals surface area contributed by atoms with Crippen LogP contribution in [0.1, 0.15) is 0 Å². The number of rotatable bonds is 1. The van der Waals surface area contributed by atoms with Crippen LogP contribution in [0.25, 0.3) is 65.0 Å². The van der Waals surface area contributed by atoms with Crippen LogP contribution in [0.15, 0.2) is 103 Å². The summed E-state index contributed by atoms with van der Waals surface area (Å²) in [5.41, 5.74) is 2.44. The van der Waals surface area contributed by atoms with Gasteiger partial charge in [0.05, 0.1) is 0 Å². The van der Waals surface area contributed by atoms with E-state index < -0.39 is 0 Å². The van der Waals surface area contributed by atoms with E-state index in [4.69, 9.17) is 0 Å². The van der Waals surface area contributed by atoms with E-state index in [0.717, 1.165) is 10.8 Å². The molecule has 1 heteroatoms. The third-order valence-electron chi connectivity index (χ3n) is 6.66. The summed E-state index contributed by atoms with van der Waals surface area (Å²) in [5, 5.41) is 22.5. The Kier molecular flexibility index (Phi) is 3.21. The molecule has 144 valence electrons. The molecule has 0 spiro atoms. The minimum Gasteiger partial charge on any atom is -0.508 e. The van der Waals surface area contributed by atoms with E-state index in [0.29, 0.717) is 5.75 Å². The SMILES string of the molecule is Oc1ccc2cc(-c3ccc4c5ccccc5c5cccc6ccc3c4c65)ccc2c1. The summed E-state index contributed by atoms with van der Waals surface area (Å²) < 4.78 is 0. The molecule has 0 unspecified atom stereocenters. The molecule has 1 N–H and O–H groups in total. The van der Waals surface area contributed by atoms with Crippen molar-refractivity contribution in [2.24, 2.45) is 0 Å². The third kappa shape index (κ3) is 2.26. The fourth-order valence-corrected chi connectivity index (χ4v) is 5.28. The van der Waals surface area contributed by atoms with Crippen LogP contribution in [0.2, 0.25) is 0 Å². The Morgan fingerprint density at radius 3 is 1.97 bits per heavy atom. The zero-order valence-corrected chi connectivity index (χ0v) is 16.8. The molecular formula is C30H18O. The molecule has 0 radical (unpaired) electrons. The molecule has 0 heterocycles. The van der Waals surface area contributed by atoms with Gasteiger partial charge in [0.25, 0.3) is 0 Å². The Morgan fingerprint density at radius 2 is 1.10 bits per heavy atom. The Hall–Kier alpha value is -4.10. The number of phenolic OH excluding ortho intramolecular Hbond substituents is 1. The first-order valence-electron chi connectivity index (χ1n) is 10.6. The van der Waals surface area contributed by atoms with Crippen molar-refractivity contribution in [3.8, 4) is 16.9 Å². The van der Waals surface area contributed by atoms with Gasteiger partial charge in [0, 0.05) is 0 Å². The van der Waals surface area contributed by atoms with E-state index in [1.165, 1.54) is 54.2 Å². The predicted octanol–water partition coefficient (Wildman–Crippen LogP) is 8.26. The summed E-state index contributed by atoms with van der Waals surface area (Å²) >= 11 is 0. The zero-order valence-electron chi connectivity index (χ0n) is 16.8. The van der Waals surface area contributed by atoms with Gasteiger partial charge in [0.2, 0.25) is 0 Å². The molecule has 0 fully saturated rings. The highest BCUT2D eigenvalue weighted by molar-refractivity contribution is 6.35. The Balaban J connectivity index is 1.64. The van der Waals surface area contributed by atoms with Crippen LogP contribution < -0.4 is 0 Å². The van der Waals surface area contributed by atoms with Crippen LogP contribution in [-0.2, 0) is 0 Å². The average molecular weight is 394 g/mol. The van der Waals surface area contributed by atoms with E-state index in [1.807, 2.05) is 12.1 Å². The summed E-state index contributed by atoms with van der Waals surface area (Å²) in [6, 6.07) is 36.4. The number of aromatic hydroxyl groups is 1. The fraction of sp³-hybridized carbons (Fsp3) is 0. The lowest BCUT2D eigenvalue weighted by Gasteiger charge is -2.17. The van der Waals surface area contributed by atoms with E-state index in [9.17, 15) is 5.11 Å². The minimum atomic E-state index is 0.301. The van der Waals surface area contributed by atoms with Crippen LogP contribution in [0.3, 0.4) is 0 Å². The van der Waals surface area contributed by atoms with Gasteiger partial charge in [-0.25, -0.2) is 0 Å². The molecule has 0 saturated carbocycles. The van der Waals surface area contributed by atoms with Gasteiger partial charge in [-0.2, -0.15) is 0 Å². The van der Waals surface area contributed by atoms with Crippen molar-refractivity contribution < 1.29 is 5.11 Å². The topological polar surface area (TPSA) is 20.2 Å². The Bertz CT molecular complexity index is 1790. The third-order valence-corrected chi connectivity index (χ3v) is 6.66. The van der Waals surface area contributed by atoms with Crippen LogP contribution in [0.5, 0.6) is 5.75 Å². The highest BCUT2D eigenvalue weighted by Crippen LogP contribution is 2.43. The molecule has 0 aromatic heterocycles. The van der Waals surface area contributed by atoms with Crippen molar-refractivity contribution in [2.45, 2.75) is 0 Å². The van der Waals surface area contributed by atoms with Gasteiger partial charge in [-0.3, -0.25) is 0 Å². The highest BCUT2D eigenvalue weighted by Gasteiger charge is 2.15. The maximum Gasteiger partial charge on any atom is 0.116 e. The van der Waals surface area contributed by atoms with Crippen molar-refractivity contribution >= 4 is 53.9 Å². The molecule has 31 heavy (non-hydrogen) atoms. The quantitative estimate of drug-likeness (QED) is 0.219. The summed E-state index contributed by atoms with van der Waals surface area (Å²) in [4.78, 5) is 0. The van der Waals surface area contributed by atoms with E-state index >= 15 is 0 Å². The second-order valence-corrected chi connectivity index (χ2v) is 8.34. The minimum absolute atomic E-state index is 0.301. The van der Waals surface area contributed by atoms with E-state index in [2.05, 4.69) is 84.9 Å². The molecule has 0 aliphatic heterocycles. The highest BCUT2D eigenvalue weighted by atomic mass is 16.3. The molecule has 0 amide bonds. The Morgan fingerprint density at radius 1 is 0.419 bits per heavy atom. The molecular weight excluding hydrogens is 376 g/mol. The van der Waals surface area contributed by atoms with E-state index in [-0.39, 0.29) is 0 Å². The lowest BCUT2D eigenvalue weighted by atomic mass is 9.86. The van der Waals surface area contributed by atoms with Crippen LogP contribution in [-0.4, -0.2) is 5.11 Å². The van der Waals surface area contributed by atoms with Crippen LogP contribution >= 0.6 is 0 Å². The van der Waals surface area contributed by atoms with Crippen molar-refractivity contribution in [3.05, 3.63) is 103 Å². The van der Waals surface area contributed by atoms with Gasteiger partial charge < -0.3 is 5.11 Å². The smallest absolute Gasteiger partial charge is 0.116 e. The number of hydrogen-bond donors (Lipinski definition) is 1. The van der Waals surface area contributed by atoms with Gasteiger partial charge in [0.15, 0.2) is 0 Å². The number of benzene rings is 7. The first-order chi connectivity index (χ1) is 15.3. The molecule has 0 atom stereocenters. The number of hydrogen-bond acceptors (Lipinski definition) is 1. The average Bonchev–Trinajstić information content (AvgIpc) is 2.82. The molecule has 0 saturated heterocycles. The summed E-state index contributed by atoms with van der Waals surface area (Å²) in [6.45, 7) is 0. The normalized spacial score (nSPS) is 12.0. The van der Waals surface area contributed by atoms with Crippen molar-refractivity contribution in [2.75, 3.05) is 0 Å². The largest absolute Gasteiger partial charge is 0.508 e. The Labute approximate surface area is 179 Å². The van der Waals surface area contributed by atoms with Crippen molar-refractivity contribution in [1.82, 2.24) is 0 Å². The second-order valence-electron chi connectivity index (χ2n) is 8.34. The van der Waals surface area contributed by atoms with Gasteiger partial charge in [-0.1, -0.05) is 84.9 Å². The standard InChI is InChI=1S/C30H18O/c31-22-12-10-19-16-21(9-8-20(19)17-22)23-14-15-28-25-6-2-1-5-24(25)26-7-3-4-18-11-13-27(23)30(28)29(18)26/h1-17,31H. The number of phenols is 1. The van der Waals surface area contributed by atoms with Gasteiger partial charge in [-0.05, 0) is 83.2 Å². The maximum absolute atomic E-state index is 9.80. The van der Waals surface area contributed by atoms with Crippen LogP contribution in [0, 0.1) is 0 Å². The van der Waals surface area contributed by atoms with Crippen LogP contribution in [0.4, 0.5) is 0 Å². The first kappa shape index (κ1) is 16.7. The number of fused-ring (bicyclic) bond motifs is 4. The van der Waals surface area contributed by atoms with Crippen molar-refractivity contribution in [1.29, 1.82) is 0 Å². The van der Waals surface area contributed by atoms with E-state index in [1.54, 1.807) is 6.07 Å². The van der Waals surface area contributed by atoms with Gasteiger partial charge in [-0.15, -0.1) is 0 Å². The lowest BCUT2D eigenvalue weighted by molar-refractivity contribution is 0.476. The summed E-state index contributed by atoms with van der Waals surface area (Å²) in [7, 11) is 0. The fourth-order valence-electron chi connectivity index (χ4n) is 5.28. The first-order valence-corrected chi connectivity index (χ1v) is 10.6. The molecule has 7 aromatic carbocycles. The monoisotopic (exact) mass is 394 g/mol. The molecule has 7 rings (SSSR count). The van der Waals surface area contributed by atoms with Gasteiger partial charge in [0.1, 0.15) is 5.75 Å². The second kappa shape index (κ2) is 5.96. The molecule has 0 aliphatic rings. The summed E-state index contributed by atoms with van der Waals surface area (Å²) in [5.74, 6) is 0.301. The molecule has 0 bridgehead atoms. The lowest BCUT2D eigenvalue weighted by Crippen LogP contribution is -1.89. The zero-order chi connectivity index (χ0) is 20.5. The molecule has 7 aromatic rings. The molecule has 0 aliphatic carbocycles. The van der Waals surface area contributed by atoms with Crippen molar-refractivity contribution in [3.63, 3.8) is 0 Å². The molecule has 1 nitrogen and oxygen atoms in total. The summed E-state index contributed by atoms with van der Waals surface area (Å²) in [6.07, 6.45) is 0. The predicted molar refractivity (Wildman–Crippen MR) is 132 cm³/mol. The maximum atomic E-state index is 9.80. The van der Waals surface area contributed by atoms with Gasteiger partial charge >= 0.3 is 0 Å².